The highest BCUT2D eigenvalue weighted by atomic mass is 16.5. The van der Waals surface area contributed by atoms with Crippen molar-refractivity contribution in [1.82, 2.24) is 10.2 Å². The molecule has 4 nitrogen and oxygen atoms in total. The number of likely N-dealkylation sites (N-methyl/N-ethyl adjacent to an activating group) is 1. The van der Waals surface area contributed by atoms with Gasteiger partial charge in [-0.15, -0.1) is 0 Å². The molecule has 0 spiro atoms. The molecule has 0 aliphatic heterocycles. The van der Waals surface area contributed by atoms with Gasteiger partial charge in [0.15, 0.2) is 0 Å². The summed E-state index contributed by atoms with van der Waals surface area (Å²) in [4.78, 5) is 14.4. The number of amides is 1. The molecule has 1 amide bonds. The van der Waals surface area contributed by atoms with E-state index < -0.39 is 0 Å². The molecule has 1 unspecified atom stereocenters. The first-order chi connectivity index (χ1) is 11.1. The van der Waals surface area contributed by atoms with E-state index in [9.17, 15) is 4.79 Å². The van der Waals surface area contributed by atoms with Crippen LogP contribution in [0.4, 0.5) is 0 Å². The van der Waals surface area contributed by atoms with Gasteiger partial charge in [0, 0.05) is 18.5 Å². The van der Waals surface area contributed by atoms with Crippen LogP contribution in [-0.2, 0) is 4.79 Å². The van der Waals surface area contributed by atoms with E-state index in [0.29, 0.717) is 18.9 Å². The van der Waals surface area contributed by atoms with Crippen LogP contribution in [-0.4, -0.2) is 38.6 Å². The molecule has 23 heavy (non-hydrogen) atoms. The molecule has 1 N–H and O–H groups in total. The minimum atomic E-state index is 0.112. The zero-order chi connectivity index (χ0) is 16.7. The number of ether oxygens (including phenoxy) is 1. The summed E-state index contributed by atoms with van der Waals surface area (Å²) in [5.74, 6) is 1.62. The summed E-state index contributed by atoms with van der Waals surface area (Å²) in [5.41, 5.74) is 1.11. The number of carbonyl (C=O) groups is 1. The van der Waals surface area contributed by atoms with Gasteiger partial charge in [0.2, 0.25) is 5.91 Å². The second-order valence-electron chi connectivity index (χ2n) is 6.73. The van der Waals surface area contributed by atoms with E-state index in [1.165, 1.54) is 32.1 Å². The first-order valence-electron chi connectivity index (χ1n) is 8.68. The normalized spacial score (nSPS) is 17.0. The number of methoxy groups -OCH3 is 1. The lowest BCUT2D eigenvalue weighted by atomic mass is 9.87. The minimum Gasteiger partial charge on any atom is -0.496 e. The van der Waals surface area contributed by atoms with E-state index in [2.05, 4.69) is 16.3 Å². The Morgan fingerprint density at radius 3 is 2.61 bits per heavy atom. The van der Waals surface area contributed by atoms with Crippen LogP contribution in [0.15, 0.2) is 24.3 Å². The van der Waals surface area contributed by atoms with Crippen LogP contribution >= 0.6 is 0 Å². The number of para-hydroxylation sites is 1. The zero-order valence-corrected chi connectivity index (χ0v) is 14.7. The highest BCUT2D eigenvalue weighted by Gasteiger charge is 2.21. The van der Waals surface area contributed by atoms with Crippen molar-refractivity contribution >= 4 is 5.91 Å². The van der Waals surface area contributed by atoms with Crippen molar-refractivity contribution in [3.05, 3.63) is 29.8 Å². The Hall–Kier alpha value is -1.55. The van der Waals surface area contributed by atoms with Gasteiger partial charge in [-0.05, 0) is 38.9 Å². The van der Waals surface area contributed by atoms with Crippen molar-refractivity contribution in [3.8, 4) is 5.75 Å². The smallest absolute Gasteiger partial charge is 0.220 e. The molecular formula is C19H30N2O2. The summed E-state index contributed by atoms with van der Waals surface area (Å²) in [7, 11) is 5.75. The van der Waals surface area contributed by atoms with E-state index in [1.807, 2.05) is 32.3 Å². The lowest BCUT2D eigenvalue weighted by Gasteiger charge is -2.27. The lowest BCUT2D eigenvalue weighted by Crippen LogP contribution is -2.35. The van der Waals surface area contributed by atoms with Crippen LogP contribution in [0, 0.1) is 5.92 Å². The average molecular weight is 318 g/mol. The fourth-order valence-corrected chi connectivity index (χ4v) is 3.45. The van der Waals surface area contributed by atoms with Gasteiger partial charge >= 0.3 is 0 Å². The van der Waals surface area contributed by atoms with E-state index in [4.69, 9.17) is 4.74 Å². The molecule has 1 atom stereocenters. The summed E-state index contributed by atoms with van der Waals surface area (Å²) >= 11 is 0. The first kappa shape index (κ1) is 17.8. The Balaban J connectivity index is 1.93. The average Bonchev–Trinajstić information content (AvgIpc) is 2.56. The highest BCUT2D eigenvalue weighted by molar-refractivity contribution is 5.76. The largest absolute Gasteiger partial charge is 0.496 e. The topological polar surface area (TPSA) is 41.6 Å². The van der Waals surface area contributed by atoms with Crippen molar-refractivity contribution in [3.63, 3.8) is 0 Å². The number of benzene rings is 1. The minimum absolute atomic E-state index is 0.112. The van der Waals surface area contributed by atoms with Crippen LogP contribution in [0.1, 0.15) is 50.1 Å². The second-order valence-corrected chi connectivity index (χ2v) is 6.73. The Kier molecular flexibility index (Phi) is 6.90. The molecular weight excluding hydrogens is 288 g/mol. The summed E-state index contributed by atoms with van der Waals surface area (Å²) in [6, 6.07) is 8.13. The molecule has 1 fully saturated rings. The van der Waals surface area contributed by atoms with E-state index in [-0.39, 0.29) is 11.9 Å². The molecule has 0 heterocycles. The Labute approximate surface area is 140 Å². The van der Waals surface area contributed by atoms with E-state index >= 15 is 0 Å². The molecule has 1 aromatic rings. The second kappa shape index (κ2) is 8.92. The maximum Gasteiger partial charge on any atom is 0.220 e. The lowest BCUT2D eigenvalue weighted by molar-refractivity contribution is -0.122. The van der Waals surface area contributed by atoms with Crippen LogP contribution in [0.3, 0.4) is 0 Å². The van der Waals surface area contributed by atoms with Gasteiger partial charge in [0.25, 0.3) is 0 Å². The molecule has 128 valence electrons. The zero-order valence-electron chi connectivity index (χ0n) is 14.7. The van der Waals surface area contributed by atoms with Crippen molar-refractivity contribution in [2.75, 3.05) is 27.7 Å². The number of carbonyl (C=O) groups excluding carboxylic acids is 1. The van der Waals surface area contributed by atoms with Gasteiger partial charge in [-0.1, -0.05) is 37.5 Å². The predicted octanol–water partition coefficient (Wildman–Crippen LogP) is 3.38. The molecule has 4 heteroatoms. The van der Waals surface area contributed by atoms with Crippen LogP contribution in [0.25, 0.3) is 0 Å². The van der Waals surface area contributed by atoms with Gasteiger partial charge in [-0.25, -0.2) is 0 Å². The molecule has 0 saturated heterocycles. The van der Waals surface area contributed by atoms with Gasteiger partial charge in [-0.3, -0.25) is 4.79 Å². The molecule has 2 rings (SSSR count). The third-order valence-corrected chi connectivity index (χ3v) is 4.81. The number of nitrogens with one attached hydrogen (secondary N) is 1. The molecule has 1 aliphatic rings. The Morgan fingerprint density at radius 1 is 1.26 bits per heavy atom. The highest BCUT2D eigenvalue weighted by Crippen LogP contribution is 2.28. The van der Waals surface area contributed by atoms with Gasteiger partial charge < -0.3 is 15.0 Å². The molecule has 1 saturated carbocycles. The fraction of sp³-hybridized carbons (Fsp3) is 0.632. The molecule has 0 aromatic heterocycles. The van der Waals surface area contributed by atoms with Gasteiger partial charge in [-0.2, -0.15) is 0 Å². The number of hydrogen-bond donors (Lipinski definition) is 1. The third-order valence-electron chi connectivity index (χ3n) is 4.81. The maximum atomic E-state index is 12.3. The Bertz CT molecular complexity index is 496. The van der Waals surface area contributed by atoms with E-state index in [1.54, 1.807) is 7.11 Å². The van der Waals surface area contributed by atoms with Crippen molar-refractivity contribution < 1.29 is 9.53 Å². The molecule has 1 aliphatic carbocycles. The van der Waals surface area contributed by atoms with E-state index in [0.717, 1.165) is 11.3 Å². The third kappa shape index (κ3) is 5.24. The quantitative estimate of drug-likeness (QED) is 0.838. The standard InChI is InChI=1S/C19H30N2O2/c1-21(2)17(16-11-7-8-12-18(16)23-3)14-20-19(22)13-15-9-5-4-6-10-15/h7-8,11-12,15,17H,4-6,9-10,13-14H2,1-3H3,(H,20,22). The van der Waals surface area contributed by atoms with Crippen LogP contribution in [0.5, 0.6) is 5.75 Å². The van der Waals surface area contributed by atoms with Crippen LogP contribution < -0.4 is 10.1 Å². The maximum absolute atomic E-state index is 12.3. The number of hydrogen-bond acceptors (Lipinski definition) is 3. The number of rotatable bonds is 7. The van der Waals surface area contributed by atoms with Crippen molar-refractivity contribution in [1.29, 1.82) is 0 Å². The summed E-state index contributed by atoms with van der Waals surface area (Å²) in [6.07, 6.45) is 6.97. The van der Waals surface area contributed by atoms with Gasteiger partial charge in [0.1, 0.15) is 5.75 Å². The molecule has 1 aromatic carbocycles. The Morgan fingerprint density at radius 2 is 1.96 bits per heavy atom. The monoisotopic (exact) mass is 318 g/mol. The van der Waals surface area contributed by atoms with Crippen molar-refractivity contribution in [2.24, 2.45) is 5.92 Å². The van der Waals surface area contributed by atoms with Crippen LogP contribution in [0.2, 0.25) is 0 Å². The van der Waals surface area contributed by atoms with Crippen molar-refractivity contribution in [2.45, 2.75) is 44.6 Å². The molecule has 0 bridgehead atoms. The molecule has 0 radical (unpaired) electrons. The summed E-state index contributed by atoms with van der Waals surface area (Å²) < 4.78 is 5.47. The number of nitrogens with zero attached hydrogens (tertiary/aromatic N) is 1. The predicted molar refractivity (Wildman–Crippen MR) is 93.6 cm³/mol. The SMILES string of the molecule is COc1ccccc1C(CNC(=O)CC1CCCCC1)N(C)C. The fourth-order valence-electron chi connectivity index (χ4n) is 3.45. The van der Waals surface area contributed by atoms with Gasteiger partial charge in [0.05, 0.1) is 13.2 Å². The summed E-state index contributed by atoms with van der Waals surface area (Å²) in [6.45, 7) is 0.610. The first-order valence-corrected chi connectivity index (χ1v) is 8.68. The summed E-state index contributed by atoms with van der Waals surface area (Å²) in [5, 5.41) is 3.13.